The molecule has 1 saturated heterocycles. The van der Waals surface area contributed by atoms with E-state index in [4.69, 9.17) is 11.6 Å². The number of nitrogens with zero attached hydrogens (tertiary/aromatic N) is 1. The van der Waals surface area contributed by atoms with Crippen LogP contribution in [0.4, 0.5) is 11.4 Å². The van der Waals surface area contributed by atoms with Gasteiger partial charge in [0.25, 0.3) is 5.91 Å². The minimum absolute atomic E-state index is 0.144. The fraction of sp³-hybridized carbons (Fsp3) is 0.235. The quantitative estimate of drug-likeness (QED) is 0.896. The number of hydrogen-bond acceptors (Lipinski definition) is 3. The van der Waals surface area contributed by atoms with Crippen molar-refractivity contribution in [2.24, 2.45) is 0 Å². The van der Waals surface area contributed by atoms with Crippen LogP contribution in [0.5, 0.6) is 0 Å². The molecule has 2 N–H and O–H groups in total. The minimum atomic E-state index is -0.144. The molecule has 0 radical (unpaired) electrons. The molecule has 0 saturated carbocycles. The summed E-state index contributed by atoms with van der Waals surface area (Å²) in [5, 5.41) is 5.63. The largest absolute Gasteiger partial charge is 0.322 e. The maximum absolute atomic E-state index is 12.2. The summed E-state index contributed by atoms with van der Waals surface area (Å²) in [6.07, 6.45) is 2.46. The molecule has 1 fully saturated rings. The van der Waals surface area contributed by atoms with E-state index in [1.807, 2.05) is 30.3 Å². The molecule has 0 spiro atoms. The molecular formula is C17H18ClN3O. The predicted octanol–water partition coefficient (Wildman–Crippen LogP) is 4.02. The SMILES string of the molecule is O=C(Nc1cccc(Cl)c1)c1ccc(NN2CCCC2)cc1. The summed E-state index contributed by atoms with van der Waals surface area (Å²) in [5.74, 6) is -0.144. The fourth-order valence-electron chi connectivity index (χ4n) is 2.48. The molecular weight excluding hydrogens is 298 g/mol. The number of amides is 1. The third-order valence-corrected chi connectivity index (χ3v) is 3.86. The van der Waals surface area contributed by atoms with Crippen molar-refractivity contribution >= 4 is 28.9 Å². The molecule has 5 heteroatoms. The Balaban J connectivity index is 1.63. The number of halogens is 1. The van der Waals surface area contributed by atoms with Crippen LogP contribution >= 0.6 is 11.6 Å². The first-order valence-electron chi connectivity index (χ1n) is 7.39. The lowest BCUT2D eigenvalue weighted by Gasteiger charge is -2.17. The lowest BCUT2D eigenvalue weighted by molar-refractivity contribution is 0.102. The predicted molar refractivity (Wildman–Crippen MR) is 90.3 cm³/mol. The molecule has 1 heterocycles. The van der Waals surface area contributed by atoms with E-state index in [0.717, 1.165) is 18.8 Å². The first-order valence-corrected chi connectivity index (χ1v) is 7.77. The Morgan fingerprint density at radius 3 is 2.41 bits per heavy atom. The van der Waals surface area contributed by atoms with Gasteiger partial charge in [-0.2, -0.15) is 0 Å². The molecule has 1 aliphatic rings. The summed E-state index contributed by atoms with van der Waals surface area (Å²) in [4.78, 5) is 12.2. The molecule has 114 valence electrons. The normalized spacial score (nSPS) is 14.8. The third kappa shape index (κ3) is 3.78. The summed E-state index contributed by atoms with van der Waals surface area (Å²) in [6.45, 7) is 2.13. The zero-order valence-electron chi connectivity index (χ0n) is 12.2. The van der Waals surface area contributed by atoms with Gasteiger partial charge in [0.2, 0.25) is 0 Å². The Morgan fingerprint density at radius 2 is 1.73 bits per heavy atom. The number of carbonyl (C=O) groups is 1. The highest BCUT2D eigenvalue weighted by atomic mass is 35.5. The zero-order chi connectivity index (χ0) is 15.4. The van der Waals surface area contributed by atoms with Gasteiger partial charge in [0.1, 0.15) is 0 Å². The number of carbonyl (C=O) groups excluding carboxylic acids is 1. The van der Waals surface area contributed by atoms with Crippen LogP contribution in [0.3, 0.4) is 0 Å². The van der Waals surface area contributed by atoms with Gasteiger partial charge < -0.3 is 10.7 Å². The molecule has 0 bridgehead atoms. The van der Waals surface area contributed by atoms with Gasteiger partial charge in [-0.3, -0.25) is 4.79 Å². The Labute approximate surface area is 135 Å². The van der Waals surface area contributed by atoms with Gasteiger partial charge in [-0.15, -0.1) is 0 Å². The van der Waals surface area contributed by atoms with Gasteiger partial charge in [0.05, 0.1) is 0 Å². The number of hydrazine groups is 1. The first kappa shape index (κ1) is 14.9. The fourth-order valence-corrected chi connectivity index (χ4v) is 2.67. The monoisotopic (exact) mass is 315 g/mol. The number of nitrogens with one attached hydrogen (secondary N) is 2. The number of rotatable bonds is 4. The van der Waals surface area contributed by atoms with E-state index in [1.54, 1.807) is 18.2 Å². The molecule has 22 heavy (non-hydrogen) atoms. The van der Waals surface area contributed by atoms with E-state index in [2.05, 4.69) is 15.8 Å². The molecule has 1 aliphatic heterocycles. The molecule has 0 aliphatic carbocycles. The van der Waals surface area contributed by atoms with Crippen LogP contribution in [-0.2, 0) is 0 Å². The number of anilines is 2. The second-order valence-electron chi connectivity index (χ2n) is 5.35. The molecule has 2 aromatic rings. The topological polar surface area (TPSA) is 44.4 Å². The van der Waals surface area contributed by atoms with Crippen molar-refractivity contribution in [3.63, 3.8) is 0 Å². The molecule has 0 aromatic heterocycles. The van der Waals surface area contributed by atoms with Crippen LogP contribution in [-0.4, -0.2) is 24.0 Å². The highest BCUT2D eigenvalue weighted by molar-refractivity contribution is 6.30. The summed E-state index contributed by atoms with van der Waals surface area (Å²) >= 11 is 5.91. The Hall–Kier alpha value is -2.04. The Morgan fingerprint density at radius 1 is 1.00 bits per heavy atom. The summed E-state index contributed by atoms with van der Waals surface area (Å²) in [6, 6.07) is 14.6. The van der Waals surface area contributed by atoms with E-state index in [0.29, 0.717) is 16.3 Å². The Bertz CT molecular complexity index is 651. The lowest BCUT2D eigenvalue weighted by atomic mass is 10.2. The van der Waals surface area contributed by atoms with Crippen LogP contribution in [0.1, 0.15) is 23.2 Å². The standard InChI is InChI=1S/C17H18ClN3O/c18-14-4-3-5-16(12-14)19-17(22)13-6-8-15(9-7-13)20-21-10-1-2-11-21/h3-9,12,20H,1-2,10-11H2,(H,19,22). The average Bonchev–Trinajstić information content (AvgIpc) is 3.01. The molecule has 3 rings (SSSR count). The van der Waals surface area contributed by atoms with Crippen LogP contribution in [0.15, 0.2) is 48.5 Å². The molecule has 0 atom stereocenters. The summed E-state index contributed by atoms with van der Waals surface area (Å²) < 4.78 is 0. The summed E-state index contributed by atoms with van der Waals surface area (Å²) in [5.41, 5.74) is 5.66. The highest BCUT2D eigenvalue weighted by Gasteiger charge is 2.11. The highest BCUT2D eigenvalue weighted by Crippen LogP contribution is 2.17. The molecule has 1 amide bonds. The average molecular weight is 316 g/mol. The van der Waals surface area contributed by atoms with Gasteiger partial charge in [0, 0.05) is 35.1 Å². The van der Waals surface area contributed by atoms with Crippen molar-refractivity contribution in [3.05, 3.63) is 59.1 Å². The first-order chi connectivity index (χ1) is 10.7. The van der Waals surface area contributed by atoms with Crippen LogP contribution in [0, 0.1) is 0 Å². The third-order valence-electron chi connectivity index (χ3n) is 3.62. The van der Waals surface area contributed by atoms with E-state index >= 15 is 0 Å². The van der Waals surface area contributed by atoms with Gasteiger partial charge in [0.15, 0.2) is 0 Å². The number of benzene rings is 2. The van der Waals surface area contributed by atoms with Gasteiger partial charge in [-0.1, -0.05) is 17.7 Å². The molecule has 0 unspecified atom stereocenters. The van der Waals surface area contributed by atoms with Gasteiger partial charge in [-0.05, 0) is 55.3 Å². The molecule has 4 nitrogen and oxygen atoms in total. The van der Waals surface area contributed by atoms with Crippen LogP contribution < -0.4 is 10.7 Å². The second-order valence-corrected chi connectivity index (χ2v) is 5.78. The lowest BCUT2D eigenvalue weighted by Crippen LogP contribution is -2.26. The van der Waals surface area contributed by atoms with E-state index < -0.39 is 0 Å². The van der Waals surface area contributed by atoms with Crippen molar-refractivity contribution in [2.45, 2.75) is 12.8 Å². The van der Waals surface area contributed by atoms with Gasteiger partial charge in [-0.25, -0.2) is 5.01 Å². The summed E-state index contributed by atoms with van der Waals surface area (Å²) in [7, 11) is 0. The van der Waals surface area contributed by atoms with E-state index in [9.17, 15) is 4.79 Å². The van der Waals surface area contributed by atoms with Crippen molar-refractivity contribution in [1.29, 1.82) is 0 Å². The maximum atomic E-state index is 12.2. The smallest absolute Gasteiger partial charge is 0.255 e. The zero-order valence-corrected chi connectivity index (χ0v) is 12.9. The van der Waals surface area contributed by atoms with E-state index in [-0.39, 0.29) is 5.91 Å². The van der Waals surface area contributed by atoms with Crippen LogP contribution in [0.2, 0.25) is 5.02 Å². The van der Waals surface area contributed by atoms with Crippen molar-refractivity contribution in [3.8, 4) is 0 Å². The van der Waals surface area contributed by atoms with E-state index in [1.165, 1.54) is 12.8 Å². The van der Waals surface area contributed by atoms with Gasteiger partial charge >= 0.3 is 0 Å². The van der Waals surface area contributed by atoms with Crippen molar-refractivity contribution in [2.75, 3.05) is 23.8 Å². The Kier molecular flexibility index (Phi) is 4.61. The van der Waals surface area contributed by atoms with Crippen molar-refractivity contribution < 1.29 is 4.79 Å². The molecule has 2 aromatic carbocycles. The number of hydrogen-bond donors (Lipinski definition) is 2. The van der Waals surface area contributed by atoms with Crippen molar-refractivity contribution in [1.82, 2.24) is 5.01 Å². The van der Waals surface area contributed by atoms with Crippen LogP contribution in [0.25, 0.3) is 0 Å². The second kappa shape index (κ2) is 6.81. The minimum Gasteiger partial charge on any atom is -0.322 e. The maximum Gasteiger partial charge on any atom is 0.255 e.